The molecule has 0 saturated heterocycles. The first kappa shape index (κ1) is 23.6. The maximum atomic E-state index is 13.8. The third-order valence-corrected chi connectivity index (χ3v) is 9.33. The van der Waals surface area contributed by atoms with Crippen molar-refractivity contribution < 1.29 is 9.59 Å². The van der Waals surface area contributed by atoms with Gasteiger partial charge in [0.25, 0.3) is 0 Å². The molecule has 176 valence electrons. The SMILES string of the molecule is CC1(C)CC(=O)C2=C(C1)N(c1sc3c(c1C#N)CCCCC3)C(=O)CC2c1cccc(Cl)c1Cl. The molecule has 2 heterocycles. The number of aryl methyl sites for hydroxylation is 1. The lowest BCUT2D eigenvalue weighted by Gasteiger charge is -2.42. The molecular weight excluding hydrogens is 487 g/mol. The van der Waals surface area contributed by atoms with Crippen LogP contribution in [0.15, 0.2) is 29.5 Å². The zero-order valence-electron chi connectivity index (χ0n) is 19.3. The lowest BCUT2D eigenvalue weighted by molar-refractivity contribution is -0.120. The second-order valence-electron chi connectivity index (χ2n) is 10.3. The van der Waals surface area contributed by atoms with Gasteiger partial charge in [0, 0.05) is 34.9 Å². The second-order valence-corrected chi connectivity index (χ2v) is 12.2. The highest BCUT2D eigenvalue weighted by molar-refractivity contribution is 7.16. The van der Waals surface area contributed by atoms with Crippen molar-refractivity contribution in [1.29, 1.82) is 5.26 Å². The number of Topliss-reactive ketones (excluding diaryl/α,β-unsaturated/α-hetero) is 1. The minimum absolute atomic E-state index is 0.0430. The molecule has 0 N–H and O–H groups in total. The Labute approximate surface area is 214 Å². The lowest BCUT2D eigenvalue weighted by Crippen LogP contribution is -2.43. The number of benzene rings is 1. The molecule has 0 saturated carbocycles. The molecule has 1 aromatic heterocycles. The fraction of sp³-hybridized carbons (Fsp3) is 0.444. The number of hydrogen-bond donors (Lipinski definition) is 0. The highest BCUT2D eigenvalue weighted by atomic mass is 35.5. The van der Waals surface area contributed by atoms with Gasteiger partial charge in [-0.05, 0) is 54.7 Å². The molecule has 2 aliphatic carbocycles. The summed E-state index contributed by atoms with van der Waals surface area (Å²) in [6.07, 6.45) is 6.24. The van der Waals surface area contributed by atoms with Gasteiger partial charge in [0.2, 0.25) is 5.91 Å². The highest BCUT2D eigenvalue weighted by Crippen LogP contribution is 2.52. The van der Waals surface area contributed by atoms with Crippen molar-refractivity contribution in [2.45, 2.75) is 71.1 Å². The number of nitriles is 1. The summed E-state index contributed by atoms with van der Waals surface area (Å²) >= 11 is 14.4. The Bertz CT molecular complexity index is 1280. The number of carbonyl (C=O) groups is 2. The maximum absolute atomic E-state index is 13.8. The van der Waals surface area contributed by atoms with Crippen LogP contribution in [0.1, 0.15) is 79.9 Å². The topological polar surface area (TPSA) is 61.2 Å². The van der Waals surface area contributed by atoms with Crippen LogP contribution < -0.4 is 4.90 Å². The summed E-state index contributed by atoms with van der Waals surface area (Å²) in [5, 5.41) is 11.6. The van der Waals surface area contributed by atoms with Gasteiger partial charge >= 0.3 is 0 Å². The lowest BCUT2D eigenvalue weighted by atomic mass is 9.69. The number of anilines is 1. The minimum atomic E-state index is -0.433. The number of amides is 1. The van der Waals surface area contributed by atoms with Crippen molar-refractivity contribution in [2.24, 2.45) is 5.41 Å². The standard InChI is InChI=1S/C27H26Cl2N2O2S/c1-27(2)12-20-24(21(32)13-27)17(16-8-6-9-19(28)25(16)29)11-23(33)31(20)26-18(14-30)15-7-4-3-5-10-22(15)34-26/h6,8-9,17H,3-5,7,10-13H2,1-2H3. The average Bonchev–Trinajstić information content (AvgIpc) is 2.94. The van der Waals surface area contributed by atoms with Crippen LogP contribution >= 0.6 is 34.5 Å². The summed E-state index contributed by atoms with van der Waals surface area (Å²) in [5.74, 6) is -0.489. The van der Waals surface area contributed by atoms with Gasteiger partial charge in [-0.15, -0.1) is 11.3 Å². The minimum Gasteiger partial charge on any atom is -0.294 e. The fourth-order valence-corrected chi connectivity index (χ4v) is 7.53. The Kier molecular flexibility index (Phi) is 6.13. The number of thiophene rings is 1. The number of allylic oxidation sites excluding steroid dienone is 2. The van der Waals surface area contributed by atoms with Crippen molar-refractivity contribution in [2.75, 3.05) is 4.90 Å². The van der Waals surface area contributed by atoms with E-state index < -0.39 is 5.92 Å². The van der Waals surface area contributed by atoms with Gasteiger partial charge in [-0.1, -0.05) is 55.6 Å². The zero-order valence-corrected chi connectivity index (χ0v) is 21.7. The van der Waals surface area contributed by atoms with E-state index in [0.717, 1.165) is 43.4 Å². The van der Waals surface area contributed by atoms with Gasteiger partial charge in [-0.3, -0.25) is 14.5 Å². The molecule has 2 aromatic rings. The molecule has 1 aliphatic heterocycles. The van der Waals surface area contributed by atoms with E-state index in [0.29, 0.717) is 44.6 Å². The summed E-state index contributed by atoms with van der Waals surface area (Å²) < 4.78 is 0. The van der Waals surface area contributed by atoms with Crippen molar-refractivity contribution >= 4 is 51.2 Å². The Morgan fingerprint density at radius 1 is 1.12 bits per heavy atom. The molecule has 1 aromatic carbocycles. The van der Waals surface area contributed by atoms with Crippen LogP contribution in [0.3, 0.4) is 0 Å². The summed E-state index contributed by atoms with van der Waals surface area (Å²) in [7, 11) is 0. The molecule has 1 unspecified atom stereocenters. The van der Waals surface area contributed by atoms with Crippen LogP contribution in [0.25, 0.3) is 0 Å². The highest BCUT2D eigenvalue weighted by Gasteiger charge is 2.46. The molecule has 0 radical (unpaired) electrons. The Hall–Kier alpha value is -2.13. The van der Waals surface area contributed by atoms with E-state index in [1.54, 1.807) is 22.3 Å². The van der Waals surface area contributed by atoms with Crippen LogP contribution in [-0.2, 0) is 22.4 Å². The third kappa shape index (κ3) is 3.90. The molecule has 0 fully saturated rings. The van der Waals surface area contributed by atoms with Crippen LogP contribution in [0.4, 0.5) is 5.00 Å². The van der Waals surface area contributed by atoms with Crippen molar-refractivity contribution in [3.8, 4) is 6.07 Å². The van der Waals surface area contributed by atoms with E-state index in [9.17, 15) is 14.9 Å². The van der Waals surface area contributed by atoms with Gasteiger partial charge in [0.05, 0.1) is 15.6 Å². The van der Waals surface area contributed by atoms with E-state index in [1.807, 2.05) is 12.1 Å². The smallest absolute Gasteiger partial charge is 0.232 e. The molecule has 34 heavy (non-hydrogen) atoms. The molecule has 7 heteroatoms. The van der Waals surface area contributed by atoms with Crippen molar-refractivity contribution in [3.63, 3.8) is 0 Å². The van der Waals surface area contributed by atoms with Gasteiger partial charge < -0.3 is 0 Å². The zero-order chi connectivity index (χ0) is 24.2. The summed E-state index contributed by atoms with van der Waals surface area (Å²) in [5.41, 5.74) is 3.51. The van der Waals surface area contributed by atoms with Crippen LogP contribution in [0, 0.1) is 16.7 Å². The summed E-state index contributed by atoms with van der Waals surface area (Å²) in [6, 6.07) is 7.78. The Balaban J connectivity index is 1.72. The monoisotopic (exact) mass is 512 g/mol. The Morgan fingerprint density at radius 2 is 1.88 bits per heavy atom. The number of halogens is 2. The molecule has 0 spiro atoms. The van der Waals surface area contributed by atoms with Crippen LogP contribution in [0.5, 0.6) is 0 Å². The van der Waals surface area contributed by atoms with Gasteiger partial charge in [0.1, 0.15) is 11.1 Å². The molecule has 1 atom stereocenters. The number of ketones is 1. The van der Waals surface area contributed by atoms with E-state index in [2.05, 4.69) is 19.9 Å². The van der Waals surface area contributed by atoms with E-state index in [4.69, 9.17) is 23.2 Å². The molecule has 1 amide bonds. The van der Waals surface area contributed by atoms with E-state index >= 15 is 0 Å². The maximum Gasteiger partial charge on any atom is 0.232 e. The number of carbonyl (C=O) groups excluding carboxylic acids is 2. The predicted molar refractivity (Wildman–Crippen MR) is 137 cm³/mol. The van der Waals surface area contributed by atoms with Gasteiger partial charge in [-0.25, -0.2) is 0 Å². The average molecular weight is 513 g/mol. The van der Waals surface area contributed by atoms with Crippen LogP contribution in [0.2, 0.25) is 10.0 Å². The number of hydrogen-bond acceptors (Lipinski definition) is 4. The number of rotatable bonds is 2. The van der Waals surface area contributed by atoms with Crippen molar-refractivity contribution in [3.05, 3.63) is 61.1 Å². The van der Waals surface area contributed by atoms with Gasteiger partial charge in [0.15, 0.2) is 5.78 Å². The molecule has 3 aliphatic rings. The summed E-state index contributed by atoms with van der Waals surface area (Å²) in [6.45, 7) is 4.12. The largest absolute Gasteiger partial charge is 0.294 e. The molecule has 5 rings (SSSR count). The second kappa shape index (κ2) is 8.82. The van der Waals surface area contributed by atoms with E-state index in [1.165, 1.54) is 4.88 Å². The first-order valence-corrected chi connectivity index (χ1v) is 13.4. The quantitative estimate of drug-likeness (QED) is 0.394. The first-order valence-electron chi connectivity index (χ1n) is 11.8. The summed E-state index contributed by atoms with van der Waals surface area (Å²) in [4.78, 5) is 30.3. The Morgan fingerprint density at radius 3 is 2.65 bits per heavy atom. The molecular formula is C27H26Cl2N2O2S. The predicted octanol–water partition coefficient (Wildman–Crippen LogP) is 7.36. The number of fused-ring (bicyclic) bond motifs is 1. The third-order valence-electron chi connectivity index (χ3n) is 7.22. The van der Waals surface area contributed by atoms with Crippen LogP contribution in [-0.4, -0.2) is 11.7 Å². The first-order chi connectivity index (χ1) is 16.2. The van der Waals surface area contributed by atoms with Gasteiger partial charge in [-0.2, -0.15) is 5.26 Å². The van der Waals surface area contributed by atoms with Crippen molar-refractivity contribution in [1.82, 2.24) is 0 Å². The normalized spacial score (nSPS) is 22.2. The fourth-order valence-electron chi connectivity index (χ4n) is 5.71. The molecule has 4 nitrogen and oxygen atoms in total. The number of nitrogens with zero attached hydrogens (tertiary/aromatic N) is 2. The molecule has 0 bridgehead atoms. The van der Waals surface area contributed by atoms with E-state index in [-0.39, 0.29) is 23.5 Å².